The lowest BCUT2D eigenvalue weighted by Crippen LogP contribution is -2.63. The zero-order valence-corrected chi connectivity index (χ0v) is 14.3. The molecule has 1 heterocycles. The fraction of sp³-hybridized carbons (Fsp3) is 0.286. The first-order chi connectivity index (χ1) is 11.1. The summed E-state index contributed by atoms with van der Waals surface area (Å²) in [6.45, 7) is 2.37. The minimum Gasteiger partial charge on any atom is -0.435 e. The maximum Gasteiger partial charge on any atom is 0.532 e. The van der Waals surface area contributed by atoms with Crippen molar-refractivity contribution in [1.29, 1.82) is 0 Å². The number of carbonyl (C=O) groups excluding carboxylic acids is 3. The van der Waals surface area contributed by atoms with Gasteiger partial charge in [0.05, 0.1) is 5.69 Å². The van der Waals surface area contributed by atoms with Crippen LogP contribution in [0.2, 0.25) is 10.0 Å². The number of quaternary nitrogens is 1. The number of carboxylic acid groups (broad SMARTS) is 1. The Morgan fingerprint density at radius 2 is 1.75 bits per heavy atom. The van der Waals surface area contributed by atoms with Crippen LogP contribution < -0.4 is 10.2 Å². The zero-order chi connectivity index (χ0) is 18.2. The van der Waals surface area contributed by atoms with E-state index in [4.69, 9.17) is 23.2 Å². The van der Waals surface area contributed by atoms with Crippen LogP contribution in [-0.2, 0) is 4.79 Å². The van der Waals surface area contributed by atoms with Gasteiger partial charge in [0.2, 0.25) is 0 Å². The SMILES string of the molecule is CC(C)NC(=O)[N+]1(C(=O)O)CC(=O)N(c2cc(Cl)cc(Cl)c2)C1=O. The Morgan fingerprint density at radius 3 is 2.21 bits per heavy atom. The molecule has 0 aromatic heterocycles. The van der Waals surface area contributed by atoms with Crippen molar-refractivity contribution in [3.05, 3.63) is 28.2 Å². The monoisotopic (exact) mass is 374 g/mol. The number of urea groups is 2. The van der Waals surface area contributed by atoms with E-state index in [1.165, 1.54) is 18.2 Å². The molecule has 2 rings (SSSR count). The first kappa shape index (κ1) is 18.2. The van der Waals surface area contributed by atoms with E-state index in [9.17, 15) is 24.3 Å². The fourth-order valence-electron chi connectivity index (χ4n) is 2.29. The van der Waals surface area contributed by atoms with Gasteiger partial charge < -0.3 is 10.4 Å². The lowest BCUT2D eigenvalue weighted by molar-refractivity contribution is -0.674. The van der Waals surface area contributed by atoms with E-state index in [0.29, 0.717) is 4.90 Å². The first-order valence-corrected chi connectivity index (χ1v) is 7.61. The first-order valence-electron chi connectivity index (χ1n) is 6.85. The molecule has 10 heteroatoms. The van der Waals surface area contributed by atoms with Gasteiger partial charge in [-0.05, 0) is 36.5 Å². The van der Waals surface area contributed by atoms with Crippen molar-refractivity contribution in [1.82, 2.24) is 5.32 Å². The highest BCUT2D eigenvalue weighted by Crippen LogP contribution is 2.31. The van der Waals surface area contributed by atoms with Crippen LogP contribution in [0.25, 0.3) is 0 Å². The van der Waals surface area contributed by atoms with Crippen molar-refractivity contribution in [3.63, 3.8) is 0 Å². The lowest BCUT2D eigenvalue weighted by Gasteiger charge is -2.22. The van der Waals surface area contributed by atoms with Gasteiger partial charge in [-0.2, -0.15) is 9.69 Å². The largest absolute Gasteiger partial charge is 0.532 e. The highest BCUT2D eigenvalue weighted by molar-refractivity contribution is 6.35. The third-order valence-electron chi connectivity index (χ3n) is 3.33. The summed E-state index contributed by atoms with van der Waals surface area (Å²) >= 11 is 11.7. The number of hydrogen-bond acceptors (Lipinski definition) is 4. The van der Waals surface area contributed by atoms with Gasteiger partial charge in [0.15, 0.2) is 6.54 Å². The minimum atomic E-state index is -1.75. The summed E-state index contributed by atoms with van der Waals surface area (Å²) in [4.78, 5) is 49.5. The van der Waals surface area contributed by atoms with Gasteiger partial charge >= 0.3 is 18.2 Å². The molecule has 128 valence electrons. The standard InChI is InChI=1S/C14H13Cl2N3O5/c1-7(2)17-12(21)19(14(23)24)6-11(20)18(13(19)22)10-4-8(15)3-9(16)5-10/h3-5,7H,6H2,1-2H3,(H-,17,21,23,24)/p+1. The summed E-state index contributed by atoms with van der Waals surface area (Å²) in [5, 5.41) is 12.1. The molecule has 0 spiro atoms. The second-order valence-corrected chi connectivity index (χ2v) is 6.37. The van der Waals surface area contributed by atoms with Crippen molar-refractivity contribution >= 4 is 53.0 Å². The van der Waals surface area contributed by atoms with Crippen LogP contribution >= 0.6 is 23.2 Å². The third-order valence-corrected chi connectivity index (χ3v) is 3.77. The van der Waals surface area contributed by atoms with Crippen LogP contribution in [-0.4, -0.2) is 46.2 Å². The maximum atomic E-state index is 12.7. The van der Waals surface area contributed by atoms with Crippen molar-refractivity contribution < 1.29 is 28.8 Å². The van der Waals surface area contributed by atoms with Crippen LogP contribution in [0.4, 0.5) is 20.1 Å². The quantitative estimate of drug-likeness (QED) is 0.611. The van der Waals surface area contributed by atoms with E-state index in [-0.39, 0.29) is 15.7 Å². The molecular formula is C14H14Cl2N3O5+. The molecule has 1 aromatic carbocycles. The second-order valence-electron chi connectivity index (χ2n) is 5.49. The normalized spacial score (nSPS) is 20.6. The number of halogens is 2. The number of nitrogens with one attached hydrogen (secondary N) is 1. The molecule has 1 aliphatic rings. The topological polar surface area (TPSA) is 104 Å². The van der Waals surface area contributed by atoms with E-state index in [2.05, 4.69) is 5.32 Å². The number of carbonyl (C=O) groups is 4. The van der Waals surface area contributed by atoms with Gasteiger partial charge in [0.1, 0.15) is 0 Å². The average molecular weight is 375 g/mol. The summed E-state index contributed by atoms with van der Waals surface area (Å²) in [6.07, 6.45) is -1.75. The molecule has 0 bridgehead atoms. The molecule has 1 aromatic rings. The molecule has 8 nitrogen and oxygen atoms in total. The number of hydrogen-bond donors (Lipinski definition) is 2. The number of amides is 6. The molecule has 24 heavy (non-hydrogen) atoms. The Bertz CT molecular complexity index is 732. The number of anilines is 1. The smallest absolute Gasteiger partial charge is 0.435 e. The van der Waals surface area contributed by atoms with Gasteiger partial charge in [-0.25, -0.2) is 9.59 Å². The molecule has 2 N–H and O–H groups in total. The van der Waals surface area contributed by atoms with Crippen LogP contribution in [0.1, 0.15) is 13.8 Å². The number of imide groups is 4. The van der Waals surface area contributed by atoms with E-state index in [0.717, 1.165) is 0 Å². The molecule has 1 fully saturated rings. The Balaban J connectivity index is 2.52. The van der Waals surface area contributed by atoms with E-state index >= 15 is 0 Å². The summed E-state index contributed by atoms with van der Waals surface area (Å²) < 4.78 is -1.69. The van der Waals surface area contributed by atoms with Gasteiger partial charge in [-0.1, -0.05) is 23.2 Å². The van der Waals surface area contributed by atoms with Gasteiger partial charge in [-0.15, -0.1) is 0 Å². The molecule has 1 unspecified atom stereocenters. The predicted molar refractivity (Wildman–Crippen MR) is 86.2 cm³/mol. The minimum absolute atomic E-state index is 0.00102. The van der Waals surface area contributed by atoms with Gasteiger partial charge in [-0.3, -0.25) is 4.79 Å². The molecule has 0 saturated carbocycles. The van der Waals surface area contributed by atoms with Crippen LogP contribution in [0.3, 0.4) is 0 Å². The molecule has 1 saturated heterocycles. The van der Waals surface area contributed by atoms with E-state index < -0.39 is 41.1 Å². The highest BCUT2D eigenvalue weighted by Gasteiger charge is 2.64. The summed E-state index contributed by atoms with van der Waals surface area (Å²) in [6, 6.07) is 1.25. The zero-order valence-electron chi connectivity index (χ0n) is 12.7. The van der Waals surface area contributed by atoms with Crippen LogP contribution in [0, 0.1) is 0 Å². The van der Waals surface area contributed by atoms with E-state index in [1.807, 2.05) is 0 Å². The predicted octanol–water partition coefficient (Wildman–Crippen LogP) is 3.07. The molecule has 0 radical (unpaired) electrons. The summed E-state index contributed by atoms with van der Waals surface area (Å²) in [5.74, 6) is -0.848. The van der Waals surface area contributed by atoms with Crippen molar-refractivity contribution in [2.45, 2.75) is 19.9 Å². The lowest BCUT2D eigenvalue weighted by atomic mass is 10.3. The van der Waals surface area contributed by atoms with Crippen LogP contribution in [0.5, 0.6) is 0 Å². The van der Waals surface area contributed by atoms with Crippen LogP contribution in [0.15, 0.2) is 18.2 Å². The Hall–Kier alpha value is -2.16. The molecule has 0 aliphatic carbocycles. The summed E-state index contributed by atoms with van der Waals surface area (Å²) in [5.41, 5.74) is 0.00102. The molecule has 6 amide bonds. The van der Waals surface area contributed by atoms with Crippen molar-refractivity contribution in [3.8, 4) is 0 Å². The highest BCUT2D eigenvalue weighted by atomic mass is 35.5. The fourth-order valence-corrected chi connectivity index (χ4v) is 2.81. The number of rotatable bonds is 2. The number of nitrogens with zero attached hydrogens (tertiary/aromatic N) is 2. The third kappa shape index (κ3) is 2.95. The number of benzene rings is 1. The summed E-state index contributed by atoms with van der Waals surface area (Å²) in [7, 11) is 0. The molecule has 1 atom stereocenters. The molecular weight excluding hydrogens is 361 g/mol. The van der Waals surface area contributed by atoms with Gasteiger partial charge in [0.25, 0.3) is 5.91 Å². The molecule has 1 aliphatic heterocycles. The van der Waals surface area contributed by atoms with Gasteiger partial charge in [0, 0.05) is 16.1 Å². The maximum absolute atomic E-state index is 12.7. The van der Waals surface area contributed by atoms with Crippen molar-refractivity contribution in [2.24, 2.45) is 0 Å². The van der Waals surface area contributed by atoms with E-state index in [1.54, 1.807) is 13.8 Å². The Labute approximate surface area is 147 Å². The second kappa shape index (κ2) is 6.39. The average Bonchev–Trinajstić information content (AvgIpc) is 2.69. The van der Waals surface area contributed by atoms with Crippen molar-refractivity contribution in [2.75, 3.05) is 11.4 Å². The Kier molecular flexibility index (Phi) is 4.84. The Morgan fingerprint density at radius 1 is 1.21 bits per heavy atom.